The van der Waals surface area contributed by atoms with Gasteiger partial charge in [-0.05, 0) is 6.07 Å². The van der Waals surface area contributed by atoms with E-state index in [0.29, 0.717) is 0 Å². The highest BCUT2D eigenvalue weighted by molar-refractivity contribution is 7.90. The van der Waals surface area contributed by atoms with Crippen LogP contribution >= 0.6 is 0 Å². The van der Waals surface area contributed by atoms with E-state index in [2.05, 4.69) is 4.98 Å². The Bertz CT molecular complexity index is 645. The molecule has 1 amide bonds. The van der Waals surface area contributed by atoms with Crippen molar-refractivity contribution in [2.24, 2.45) is 0 Å². The third-order valence-electron chi connectivity index (χ3n) is 2.37. The van der Waals surface area contributed by atoms with E-state index in [0.717, 1.165) is 18.5 Å². The second kappa shape index (κ2) is 5.85. The van der Waals surface area contributed by atoms with E-state index in [4.69, 9.17) is 10.8 Å². The van der Waals surface area contributed by atoms with Gasteiger partial charge in [0.05, 0.1) is 17.1 Å². The van der Waals surface area contributed by atoms with Gasteiger partial charge in [-0.25, -0.2) is 13.4 Å². The maximum Gasteiger partial charge on any atom is 0.416 e. The summed E-state index contributed by atoms with van der Waals surface area (Å²) < 4.78 is 58.6. The van der Waals surface area contributed by atoms with Crippen LogP contribution in [0.25, 0.3) is 0 Å². The number of hydrogen-bond donors (Lipinski definition) is 3. The summed E-state index contributed by atoms with van der Waals surface area (Å²) in [5.74, 6) is -1.06. The second-order valence-corrected chi connectivity index (χ2v) is 6.16. The molecule has 1 heterocycles. The molecule has 118 valence electrons. The molecule has 1 atom stereocenters. The van der Waals surface area contributed by atoms with E-state index in [-0.39, 0.29) is 10.6 Å². The van der Waals surface area contributed by atoms with Crippen LogP contribution in [0.1, 0.15) is 10.5 Å². The van der Waals surface area contributed by atoms with Gasteiger partial charge in [0, 0.05) is 12.5 Å². The van der Waals surface area contributed by atoms with Crippen LogP contribution < -0.4 is 11.1 Å². The number of aromatic nitrogens is 1. The van der Waals surface area contributed by atoms with Gasteiger partial charge in [0.15, 0.2) is 21.6 Å². The Morgan fingerprint density at radius 1 is 1.52 bits per heavy atom. The molecule has 1 aromatic rings. The first kappa shape index (κ1) is 17.2. The van der Waals surface area contributed by atoms with E-state index in [1.54, 1.807) is 5.32 Å². The number of amides is 1. The van der Waals surface area contributed by atoms with E-state index >= 15 is 0 Å². The lowest BCUT2D eigenvalue weighted by molar-refractivity contribution is -0.201. The highest BCUT2D eigenvalue weighted by Gasteiger charge is 2.38. The number of nitrogens with zero attached hydrogens (tertiary/aromatic N) is 1. The standard InChI is InChI=1S/C10H12F3N3O4S/c1-21(19,20)5-2-6(14)8(15-3-5)9(18)16-4-7(17)10(11,12)13/h2-3,7,17H,4,14H2,1H3,(H,16,18). The molecule has 1 rings (SSSR count). The average molecular weight is 327 g/mol. The molecule has 11 heteroatoms. The first-order valence-electron chi connectivity index (χ1n) is 5.41. The number of aliphatic hydroxyl groups is 1. The Morgan fingerprint density at radius 3 is 2.52 bits per heavy atom. The molecule has 0 aliphatic rings. The van der Waals surface area contributed by atoms with Crippen LogP contribution in [0.15, 0.2) is 17.2 Å². The van der Waals surface area contributed by atoms with E-state index in [1.807, 2.05) is 0 Å². The molecule has 0 aliphatic heterocycles. The summed E-state index contributed by atoms with van der Waals surface area (Å²) in [4.78, 5) is 14.9. The number of alkyl halides is 3. The number of carbonyl (C=O) groups is 1. The normalized spacial score (nSPS) is 13.8. The lowest BCUT2D eigenvalue weighted by atomic mass is 10.2. The van der Waals surface area contributed by atoms with Gasteiger partial charge >= 0.3 is 6.18 Å². The second-order valence-electron chi connectivity index (χ2n) is 4.15. The van der Waals surface area contributed by atoms with Gasteiger partial charge in [0.25, 0.3) is 5.91 Å². The minimum atomic E-state index is -4.87. The fraction of sp³-hybridized carbons (Fsp3) is 0.400. The van der Waals surface area contributed by atoms with E-state index in [9.17, 15) is 26.4 Å². The number of aliphatic hydroxyl groups excluding tert-OH is 1. The molecule has 0 radical (unpaired) electrons. The van der Waals surface area contributed by atoms with Crippen LogP contribution in [-0.2, 0) is 9.84 Å². The molecular formula is C10H12F3N3O4S. The van der Waals surface area contributed by atoms with Crippen molar-refractivity contribution >= 4 is 21.4 Å². The molecule has 4 N–H and O–H groups in total. The Balaban J connectivity index is 2.85. The van der Waals surface area contributed by atoms with Gasteiger partial charge in [-0.3, -0.25) is 4.79 Å². The van der Waals surface area contributed by atoms with Crippen molar-refractivity contribution in [3.63, 3.8) is 0 Å². The summed E-state index contributed by atoms with van der Waals surface area (Å²) in [6, 6.07) is 0.970. The van der Waals surface area contributed by atoms with Gasteiger partial charge < -0.3 is 16.2 Å². The van der Waals surface area contributed by atoms with Crippen molar-refractivity contribution in [3.8, 4) is 0 Å². The maximum atomic E-state index is 12.1. The predicted octanol–water partition coefficient (Wildman–Crippen LogP) is -0.280. The predicted molar refractivity (Wildman–Crippen MR) is 66.2 cm³/mol. The van der Waals surface area contributed by atoms with Crippen molar-refractivity contribution in [1.29, 1.82) is 0 Å². The summed E-state index contributed by atoms with van der Waals surface area (Å²) in [7, 11) is -3.58. The van der Waals surface area contributed by atoms with Gasteiger partial charge in [-0.2, -0.15) is 13.2 Å². The Morgan fingerprint density at radius 2 is 2.10 bits per heavy atom. The number of nitrogens with two attached hydrogens (primary N) is 1. The largest absolute Gasteiger partial charge is 0.416 e. The average Bonchev–Trinajstić information content (AvgIpc) is 2.33. The van der Waals surface area contributed by atoms with Crippen molar-refractivity contribution < 1.29 is 31.5 Å². The summed E-state index contributed by atoms with van der Waals surface area (Å²) in [6.07, 6.45) is -5.83. The minimum Gasteiger partial charge on any atom is -0.397 e. The molecule has 21 heavy (non-hydrogen) atoms. The monoisotopic (exact) mass is 327 g/mol. The van der Waals surface area contributed by atoms with Crippen molar-refractivity contribution in [2.45, 2.75) is 17.2 Å². The number of sulfone groups is 1. The summed E-state index contributed by atoms with van der Waals surface area (Å²) in [5, 5.41) is 10.5. The van der Waals surface area contributed by atoms with Gasteiger partial charge in [-0.15, -0.1) is 0 Å². The smallest absolute Gasteiger partial charge is 0.397 e. The van der Waals surface area contributed by atoms with Crippen LogP contribution in [0.3, 0.4) is 0 Å². The van der Waals surface area contributed by atoms with Crippen LogP contribution in [0.4, 0.5) is 18.9 Å². The van der Waals surface area contributed by atoms with Crippen molar-refractivity contribution in [3.05, 3.63) is 18.0 Å². The molecule has 0 saturated carbocycles. The highest BCUT2D eigenvalue weighted by Crippen LogP contribution is 2.19. The molecular weight excluding hydrogens is 315 g/mol. The molecule has 1 unspecified atom stereocenters. The molecule has 0 spiro atoms. The Labute approximate surface area is 117 Å². The number of nitrogens with one attached hydrogen (secondary N) is 1. The Kier molecular flexibility index (Phi) is 4.79. The third kappa shape index (κ3) is 4.56. The first-order chi connectivity index (χ1) is 9.43. The van der Waals surface area contributed by atoms with E-state index < -0.39 is 40.3 Å². The fourth-order valence-electron chi connectivity index (χ4n) is 1.24. The van der Waals surface area contributed by atoms with Crippen LogP contribution in [0.2, 0.25) is 0 Å². The summed E-state index contributed by atoms with van der Waals surface area (Å²) >= 11 is 0. The molecule has 0 saturated heterocycles. The topological polar surface area (TPSA) is 122 Å². The minimum absolute atomic E-state index is 0.230. The molecule has 1 aromatic heterocycles. The highest BCUT2D eigenvalue weighted by atomic mass is 32.2. The zero-order valence-corrected chi connectivity index (χ0v) is 11.5. The number of rotatable bonds is 4. The molecule has 0 fully saturated rings. The van der Waals surface area contributed by atoms with Gasteiger partial charge in [-0.1, -0.05) is 0 Å². The lowest BCUT2D eigenvalue weighted by Crippen LogP contribution is -2.41. The lowest BCUT2D eigenvalue weighted by Gasteiger charge is -2.15. The van der Waals surface area contributed by atoms with Crippen molar-refractivity contribution in [2.75, 3.05) is 18.5 Å². The number of halogens is 3. The summed E-state index contributed by atoms with van der Waals surface area (Å²) in [5.41, 5.74) is 4.70. The fourth-order valence-corrected chi connectivity index (χ4v) is 1.83. The molecule has 0 aromatic carbocycles. The SMILES string of the molecule is CS(=O)(=O)c1cnc(C(=O)NCC(O)C(F)(F)F)c(N)c1. The quantitative estimate of drug-likeness (QED) is 0.699. The third-order valence-corrected chi connectivity index (χ3v) is 3.45. The molecule has 0 aliphatic carbocycles. The van der Waals surface area contributed by atoms with Crippen LogP contribution in [0.5, 0.6) is 0 Å². The maximum absolute atomic E-state index is 12.1. The van der Waals surface area contributed by atoms with Crippen LogP contribution in [-0.4, -0.2) is 49.5 Å². The van der Waals surface area contributed by atoms with Crippen LogP contribution in [0, 0.1) is 0 Å². The van der Waals surface area contributed by atoms with Gasteiger partial charge in [0.1, 0.15) is 0 Å². The van der Waals surface area contributed by atoms with Gasteiger partial charge in [0.2, 0.25) is 0 Å². The zero-order valence-electron chi connectivity index (χ0n) is 10.7. The molecule has 0 bridgehead atoms. The zero-order chi connectivity index (χ0) is 16.4. The molecule has 7 nitrogen and oxygen atoms in total. The Hall–Kier alpha value is -1.88. The number of anilines is 1. The van der Waals surface area contributed by atoms with E-state index in [1.165, 1.54) is 0 Å². The number of carbonyl (C=O) groups excluding carboxylic acids is 1. The number of nitrogen functional groups attached to an aromatic ring is 1. The summed E-state index contributed by atoms with van der Waals surface area (Å²) in [6.45, 7) is -1.07. The first-order valence-corrected chi connectivity index (χ1v) is 7.30. The number of pyridine rings is 1. The van der Waals surface area contributed by atoms with Crippen molar-refractivity contribution in [1.82, 2.24) is 10.3 Å². The number of hydrogen-bond acceptors (Lipinski definition) is 6.